The van der Waals surface area contributed by atoms with Crippen LogP contribution in [-0.4, -0.2) is 51.5 Å². The average Bonchev–Trinajstić information content (AvgIpc) is 3.31. The smallest absolute Gasteiger partial charge is 0.240 e. The summed E-state index contributed by atoms with van der Waals surface area (Å²) in [6, 6.07) is 6.90. The van der Waals surface area contributed by atoms with Crippen LogP contribution in [0.4, 0.5) is 0 Å². The molecule has 2 amide bonds. The number of nitrogens with one attached hydrogen (secondary N) is 1. The molecule has 2 aromatic rings. The highest BCUT2D eigenvalue weighted by Crippen LogP contribution is 2.29. The van der Waals surface area contributed by atoms with Gasteiger partial charge in [-0.1, -0.05) is 45.0 Å². The van der Waals surface area contributed by atoms with Gasteiger partial charge in [-0.3, -0.25) is 9.59 Å². The Morgan fingerprint density at radius 1 is 1.31 bits per heavy atom. The SMILES string of the molecule is Cc1ncsc1-c1ccc([C@H](C)NC(=O)C[C@@H]2C[C@@H](O)CN2C(=O)[C@@H](N)C(C)(C)C)cc1. The highest BCUT2D eigenvalue weighted by atomic mass is 32.1. The summed E-state index contributed by atoms with van der Waals surface area (Å²) in [5.41, 5.74) is 10.7. The Balaban J connectivity index is 1.61. The van der Waals surface area contributed by atoms with Crippen LogP contribution in [0.25, 0.3) is 10.4 Å². The molecule has 0 bridgehead atoms. The van der Waals surface area contributed by atoms with Crippen molar-refractivity contribution in [3.05, 3.63) is 41.0 Å². The van der Waals surface area contributed by atoms with Gasteiger partial charge in [0.1, 0.15) is 0 Å². The van der Waals surface area contributed by atoms with Crippen LogP contribution in [0.15, 0.2) is 29.8 Å². The normalized spacial score (nSPS) is 20.8. The second kappa shape index (κ2) is 9.68. The van der Waals surface area contributed by atoms with Crippen molar-refractivity contribution < 1.29 is 14.7 Å². The van der Waals surface area contributed by atoms with Gasteiger partial charge >= 0.3 is 0 Å². The zero-order valence-electron chi connectivity index (χ0n) is 19.5. The number of nitrogens with two attached hydrogens (primary N) is 1. The van der Waals surface area contributed by atoms with Crippen LogP contribution >= 0.6 is 11.3 Å². The summed E-state index contributed by atoms with van der Waals surface area (Å²) >= 11 is 1.61. The molecular formula is C24H34N4O3S. The molecule has 8 heteroatoms. The lowest BCUT2D eigenvalue weighted by atomic mass is 9.86. The molecule has 4 atom stereocenters. The van der Waals surface area contributed by atoms with E-state index in [9.17, 15) is 14.7 Å². The predicted molar refractivity (Wildman–Crippen MR) is 127 cm³/mol. The highest BCUT2D eigenvalue weighted by Gasteiger charge is 2.40. The van der Waals surface area contributed by atoms with Crippen molar-refractivity contribution in [2.24, 2.45) is 11.1 Å². The van der Waals surface area contributed by atoms with Crippen LogP contribution in [-0.2, 0) is 9.59 Å². The quantitative estimate of drug-likeness (QED) is 0.617. The van der Waals surface area contributed by atoms with Crippen molar-refractivity contribution in [1.29, 1.82) is 0 Å². The first-order valence-corrected chi connectivity index (χ1v) is 11.9. The summed E-state index contributed by atoms with van der Waals surface area (Å²) in [6.07, 6.45) is -0.112. The van der Waals surface area contributed by atoms with Gasteiger partial charge in [0, 0.05) is 19.0 Å². The fraction of sp³-hybridized carbons (Fsp3) is 0.542. The molecule has 1 fully saturated rings. The lowest BCUT2D eigenvalue weighted by molar-refractivity contribution is -0.136. The molecule has 4 N–H and O–H groups in total. The minimum Gasteiger partial charge on any atom is -0.391 e. The van der Waals surface area contributed by atoms with Gasteiger partial charge in [-0.15, -0.1) is 11.3 Å². The summed E-state index contributed by atoms with van der Waals surface area (Å²) in [5.74, 6) is -0.366. The first kappa shape index (κ1) is 24.4. The first-order chi connectivity index (χ1) is 15.0. The largest absolute Gasteiger partial charge is 0.391 e. The summed E-state index contributed by atoms with van der Waals surface area (Å²) in [4.78, 5) is 32.7. The molecule has 0 radical (unpaired) electrons. The van der Waals surface area contributed by atoms with Crippen molar-refractivity contribution in [3.8, 4) is 10.4 Å². The second-order valence-corrected chi connectivity index (χ2v) is 10.6. The molecule has 1 saturated heterocycles. The Morgan fingerprint density at radius 2 is 1.97 bits per heavy atom. The lowest BCUT2D eigenvalue weighted by Crippen LogP contribution is -2.52. The molecule has 0 unspecified atom stereocenters. The molecule has 1 aromatic heterocycles. The van der Waals surface area contributed by atoms with E-state index in [2.05, 4.69) is 10.3 Å². The number of hydrogen-bond acceptors (Lipinski definition) is 6. The molecule has 3 rings (SSSR count). The molecule has 1 aliphatic rings. The van der Waals surface area contributed by atoms with Crippen molar-refractivity contribution >= 4 is 23.2 Å². The van der Waals surface area contributed by atoms with E-state index >= 15 is 0 Å². The zero-order chi connectivity index (χ0) is 23.6. The van der Waals surface area contributed by atoms with Gasteiger partial charge < -0.3 is 21.1 Å². The Hall–Kier alpha value is -2.29. The van der Waals surface area contributed by atoms with Gasteiger partial charge in [-0.05, 0) is 36.8 Å². The monoisotopic (exact) mass is 458 g/mol. The maximum absolute atomic E-state index is 12.9. The summed E-state index contributed by atoms with van der Waals surface area (Å²) in [5, 5.41) is 13.2. The number of aryl methyl sites for hydroxylation is 1. The molecular weight excluding hydrogens is 424 g/mol. The standard InChI is InChI=1S/C24H34N4O3S/c1-14(16-6-8-17(9-7-16)21-15(2)26-13-32-21)27-20(30)11-18-10-19(29)12-28(18)23(31)22(25)24(3,4)5/h6-9,13-14,18-19,22,29H,10-12,25H2,1-5H3,(H,27,30)/t14-,18-,19+,22+/m0/s1. The number of aliphatic hydroxyl groups excluding tert-OH is 1. The van der Waals surface area contributed by atoms with E-state index in [4.69, 9.17) is 5.73 Å². The van der Waals surface area contributed by atoms with Gasteiger partial charge in [0.05, 0.1) is 34.3 Å². The average molecular weight is 459 g/mol. The molecule has 0 aliphatic carbocycles. The summed E-state index contributed by atoms with van der Waals surface area (Å²) in [6.45, 7) is 9.87. The Bertz CT molecular complexity index is 951. The number of likely N-dealkylation sites (tertiary alicyclic amines) is 1. The van der Waals surface area contributed by atoms with Crippen molar-refractivity contribution in [1.82, 2.24) is 15.2 Å². The van der Waals surface area contributed by atoms with Gasteiger partial charge in [-0.25, -0.2) is 4.98 Å². The molecule has 7 nitrogen and oxygen atoms in total. The molecule has 2 heterocycles. The van der Waals surface area contributed by atoms with Crippen molar-refractivity contribution in [3.63, 3.8) is 0 Å². The van der Waals surface area contributed by atoms with Crippen LogP contribution in [0.2, 0.25) is 0 Å². The maximum Gasteiger partial charge on any atom is 0.240 e. The fourth-order valence-corrected chi connectivity index (χ4v) is 4.82. The van der Waals surface area contributed by atoms with E-state index in [0.29, 0.717) is 6.42 Å². The Labute approximate surface area is 194 Å². The van der Waals surface area contributed by atoms with Crippen LogP contribution < -0.4 is 11.1 Å². The molecule has 0 saturated carbocycles. The number of aromatic nitrogens is 1. The number of rotatable bonds is 6. The second-order valence-electron chi connectivity index (χ2n) is 9.76. The molecule has 1 aliphatic heterocycles. The third-order valence-electron chi connectivity index (χ3n) is 6.09. The van der Waals surface area contributed by atoms with Crippen LogP contribution in [0, 0.1) is 12.3 Å². The summed E-state index contributed by atoms with van der Waals surface area (Å²) < 4.78 is 0. The van der Waals surface area contributed by atoms with Crippen LogP contribution in [0.1, 0.15) is 57.8 Å². The van der Waals surface area contributed by atoms with Gasteiger partial charge in [0.2, 0.25) is 11.8 Å². The first-order valence-electron chi connectivity index (χ1n) is 11.0. The van der Waals surface area contributed by atoms with E-state index in [1.54, 1.807) is 16.2 Å². The number of β-amino-alcohol motifs (C(OH)–C–C–N with tert-alkyl or cyclic N) is 1. The van der Waals surface area contributed by atoms with E-state index < -0.39 is 17.6 Å². The minimum absolute atomic E-state index is 0.141. The van der Waals surface area contributed by atoms with E-state index in [0.717, 1.165) is 21.7 Å². The van der Waals surface area contributed by atoms with E-state index in [1.165, 1.54) is 0 Å². The molecule has 174 valence electrons. The predicted octanol–water partition coefficient (Wildman–Crippen LogP) is 3.02. The van der Waals surface area contributed by atoms with Crippen molar-refractivity contribution in [2.45, 2.75) is 71.7 Å². The van der Waals surface area contributed by atoms with Crippen LogP contribution in [0.5, 0.6) is 0 Å². The molecule has 1 aromatic carbocycles. The third-order valence-corrected chi connectivity index (χ3v) is 7.07. The Kier molecular flexibility index (Phi) is 7.37. The Morgan fingerprint density at radius 3 is 2.53 bits per heavy atom. The number of nitrogens with zero attached hydrogens (tertiary/aromatic N) is 2. The van der Waals surface area contributed by atoms with Crippen molar-refractivity contribution in [2.75, 3.05) is 6.54 Å². The lowest BCUT2D eigenvalue weighted by Gasteiger charge is -2.33. The van der Waals surface area contributed by atoms with E-state index in [1.807, 2.05) is 64.4 Å². The fourth-order valence-electron chi connectivity index (χ4n) is 4.00. The number of benzene rings is 1. The molecule has 0 spiro atoms. The number of amides is 2. The zero-order valence-corrected chi connectivity index (χ0v) is 20.3. The summed E-state index contributed by atoms with van der Waals surface area (Å²) in [7, 11) is 0. The van der Waals surface area contributed by atoms with E-state index in [-0.39, 0.29) is 36.9 Å². The van der Waals surface area contributed by atoms with Gasteiger partial charge in [0.15, 0.2) is 0 Å². The number of carbonyl (C=O) groups is 2. The van der Waals surface area contributed by atoms with Crippen LogP contribution in [0.3, 0.4) is 0 Å². The number of aliphatic hydroxyl groups is 1. The maximum atomic E-state index is 12.9. The van der Waals surface area contributed by atoms with Gasteiger partial charge in [-0.2, -0.15) is 0 Å². The topological polar surface area (TPSA) is 109 Å². The van der Waals surface area contributed by atoms with Gasteiger partial charge in [0.25, 0.3) is 0 Å². The highest BCUT2D eigenvalue weighted by molar-refractivity contribution is 7.13. The third kappa shape index (κ3) is 5.54. The number of hydrogen-bond donors (Lipinski definition) is 3. The molecule has 32 heavy (non-hydrogen) atoms. The number of carbonyl (C=O) groups excluding carboxylic acids is 2. The number of thiazole rings is 1. The minimum atomic E-state index is -0.682.